The maximum atomic E-state index is 13.4. The van der Waals surface area contributed by atoms with Crippen LogP contribution in [0.4, 0.5) is 8.78 Å². The van der Waals surface area contributed by atoms with E-state index in [9.17, 15) is 13.6 Å². The number of carbonyl (C=O) groups is 1. The van der Waals surface area contributed by atoms with E-state index >= 15 is 0 Å². The van der Waals surface area contributed by atoms with E-state index in [1.807, 2.05) is 30.6 Å². The lowest BCUT2D eigenvalue weighted by Crippen LogP contribution is -2.29. The number of amides is 1. The average Bonchev–Trinajstić information content (AvgIpc) is 3.26. The molecular formula is C26H25F2N5O. The molecule has 1 saturated heterocycles. The van der Waals surface area contributed by atoms with Gasteiger partial charge in [-0.25, -0.2) is 8.78 Å². The number of carbonyl (C=O) groups excluding carboxylic acids is 1. The van der Waals surface area contributed by atoms with Crippen molar-refractivity contribution in [3.63, 3.8) is 0 Å². The third-order valence-corrected chi connectivity index (χ3v) is 6.14. The Balaban J connectivity index is 1.35. The first-order valence-electron chi connectivity index (χ1n) is 11.4. The van der Waals surface area contributed by atoms with Gasteiger partial charge in [0.25, 0.3) is 5.91 Å². The summed E-state index contributed by atoms with van der Waals surface area (Å²) in [5.41, 5.74) is 4.35. The first kappa shape index (κ1) is 22.2. The minimum Gasteiger partial charge on any atom is -0.347 e. The van der Waals surface area contributed by atoms with Gasteiger partial charge < -0.3 is 5.32 Å². The van der Waals surface area contributed by atoms with Crippen molar-refractivity contribution in [2.24, 2.45) is 0 Å². The molecule has 4 aromatic rings. The van der Waals surface area contributed by atoms with E-state index in [0.29, 0.717) is 10.9 Å². The molecule has 1 amide bonds. The highest BCUT2D eigenvalue weighted by molar-refractivity contribution is 6.05. The predicted molar refractivity (Wildman–Crippen MR) is 126 cm³/mol. The van der Waals surface area contributed by atoms with Crippen LogP contribution >= 0.6 is 0 Å². The summed E-state index contributed by atoms with van der Waals surface area (Å²) in [6, 6.07) is 11.1. The second-order valence-electron chi connectivity index (χ2n) is 8.71. The normalized spacial score (nSPS) is 14.4. The molecule has 0 bridgehead atoms. The molecule has 0 spiro atoms. The number of piperidine rings is 1. The summed E-state index contributed by atoms with van der Waals surface area (Å²) in [4.78, 5) is 19.7. The van der Waals surface area contributed by atoms with E-state index in [2.05, 4.69) is 31.5 Å². The molecule has 0 atom stereocenters. The van der Waals surface area contributed by atoms with Crippen molar-refractivity contribution in [2.75, 3.05) is 13.1 Å². The monoisotopic (exact) mass is 461 g/mol. The minimum absolute atomic E-state index is 0.00990. The van der Waals surface area contributed by atoms with Crippen LogP contribution < -0.4 is 5.32 Å². The van der Waals surface area contributed by atoms with Crippen LogP contribution in [0.1, 0.15) is 40.9 Å². The van der Waals surface area contributed by atoms with Crippen LogP contribution in [0.5, 0.6) is 0 Å². The number of benzene rings is 2. The lowest BCUT2D eigenvalue weighted by atomic mass is 10.0. The lowest BCUT2D eigenvalue weighted by Gasteiger charge is -2.26. The Morgan fingerprint density at radius 1 is 0.941 bits per heavy atom. The minimum atomic E-state index is -0.685. The maximum absolute atomic E-state index is 13.4. The average molecular weight is 462 g/mol. The largest absolute Gasteiger partial charge is 0.347 e. The van der Waals surface area contributed by atoms with Gasteiger partial charge in [0.05, 0.1) is 5.52 Å². The Bertz CT molecular complexity index is 1310. The summed E-state index contributed by atoms with van der Waals surface area (Å²) in [7, 11) is 0. The molecule has 2 aromatic heterocycles. The fourth-order valence-electron chi connectivity index (χ4n) is 4.45. The van der Waals surface area contributed by atoms with Crippen LogP contribution in [0, 0.1) is 11.6 Å². The van der Waals surface area contributed by atoms with Gasteiger partial charge in [-0.05, 0) is 73.0 Å². The lowest BCUT2D eigenvalue weighted by molar-refractivity contribution is 0.0947. The van der Waals surface area contributed by atoms with Crippen molar-refractivity contribution in [3.05, 3.63) is 83.3 Å². The van der Waals surface area contributed by atoms with Crippen molar-refractivity contribution >= 4 is 16.8 Å². The molecule has 0 saturated carbocycles. The number of hydrogen-bond donors (Lipinski definition) is 2. The van der Waals surface area contributed by atoms with E-state index in [1.54, 1.807) is 0 Å². The Hall–Kier alpha value is -3.65. The SMILES string of the molecule is O=C(NCc1cc(F)cc(F)c1)c1n[nH]c2ccc(-c3cncc(CN4CCCCC4)c3)cc12. The Morgan fingerprint density at radius 3 is 2.53 bits per heavy atom. The molecule has 2 aromatic carbocycles. The summed E-state index contributed by atoms with van der Waals surface area (Å²) in [5, 5.41) is 10.4. The third-order valence-electron chi connectivity index (χ3n) is 6.14. The number of nitrogens with zero attached hydrogens (tertiary/aromatic N) is 3. The van der Waals surface area contributed by atoms with E-state index in [0.717, 1.165) is 47.9 Å². The van der Waals surface area contributed by atoms with Gasteiger partial charge in [0.15, 0.2) is 5.69 Å². The Morgan fingerprint density at radius 2 is 1.74 bits per heavy atom. The van der Waals surface area contributed by atoms with E-state index in [4.69, 9.17) is 0 Å². The summed E-state index contributed by atoms with van der Waals surface area (Å²) in [6.07, 6.45) is 7.50. The smallest absolute Gasteiger partial charge is 0.272 e. The van der Waals surface area contributed by atoms with Crippen LogP contribution in [-0.4, -0.2) is 39.1 Å². The molecule has 1 aliphatic rings. The molecule has 1 aliphatic heterocycles. The Labute approximate surface area is 196 Å². The number of aromatic amines is 1. The van der Waals surface area contributed by atoms with Crippen molar-refractivity contribution < 1.29 is 13.6 Å². The molecule has 6 nitrogen and oxygen atoms in total. The van der Waals surface area contributed by atoms with Crippen molar-refractivity contribution in [3.8, 4) is 11.1 Å². The van der Waals surface area contributed by atoms with Crippen LogP contribution in [0.2, 0.25) is 0 Å². The zero-order valence-electron chi connectivity index (χ0n) is 18.7. The zero-order chi connectivity index (χ0) is 23.5. The molecule has 8 heteroatoms. The molecule has 174 valence electrons. The summed E-state index contributed by atoms with van der Waals surface area (Å²) < 4.78 is 26.8. The van der Waals surface area contributed by atoms with E-state index < -0.39 is 17.5 Å². The third kappa shape index (κ3) is 4.97. The van der Waals surface area contributed by atoms with Crippen LogP contribution in [0.3, 0.4) is 0 Å². The topological polar surface area (TPSA) is 73.9 Å². The summed E-state index contributed by atoms with van der Waals surface area (Å²) in [5.74, 6) is -1.80. The number of aromatic nitrogens is 3. The van der Waals surface area contributed by atoms with Gasteiger partial charge >= 0.3 is 0 Å². The van der Waals surface area contributed by atoms with Gasteiger partial charge in [-0.2, -0.15) is 5.10 Å². The van der Waals surface area contributed by atoms with Gasteiger partial charge in [-0.1, -0.05) is 12.5 Å². The summed E-state index contributed by atoms with van der Waals surface area (Å²) in [6.45, 7) is 3.10. The molecular weight excluding hydrogens is 436 g/mol. The van der Waals surface area contributed by atoms with Gasteiger partial charge in [0, 0.05) is 42.5 Å². The highest BCUT2D eigenvalue weighted by Crippen LogP contribution is 2.26. The number of nitrogens with one attached hydrogen (secondary N) is 2. The molecule has 0 aliphatic carbocycles. The maximum Gasteiger partial charge on any atom is 0.272 e. The quantitative estimate of drug-likeness (QED) is 0.432. The molecule has 3 heterocycles. The number of H-pyrrole nitrogens is 1. The fraction of sp³-hybridized carbons (Fsp3) is 0.269. The highest BCUT2D eigenvalue weighted by Gasteiger charge is 2.16. The molecule has 0 radical (unpaired) electrons. The van der Waals surface area contributed by atoms with Gasteiger partial charge in [-0.15, -0.1) is 0 Å². The van der Waals surface area contributed by atoms with Crippen molar-refractivity contribution in [2.45, 2.75) is 32.4 Å². The number of halogens is 2. The fourth-order valence-corrected chi connectivity index (χ4v) is 4.45. The first-order valence-corrected chi connectivity index (χ1v) is 11.4. The second-order valence-corrected chi connectivity index (χ2v) is 8.71. The van der Waals surface area contributed by atoms with Gasteiger partial charge in [-0.3, -0.25) is 19.8 Å². The second kappa shape index (κ2) is 9.69. The Kier molecular flexibility index (Phi) is 6.31. The van der Waals surface area contributed by atoms with Gasteiger partial charge in [0.2, 0.25) is 0 Å². The van der Waals surface area contributed by atoms with E-state index in [-0.39, 0.29) is 12.2 Å². The summed E-state index contributed by atoms with van der Waals surface area (Å²) >= 11 is 0. The number of rotatable bonds is 6. The predicted octanol–water partition coefficient (Wildman–Crippen LogP) is 4.82. The number of fused-ring (bicyclic) bond motifs is 1. The molecule has 1 fully saturated rings. The molecule has 0 unspecified atom stereocenters. The van der Waals surface area contributed by atoms with Crippen LogP contribution in [-0.2, 0) is 13.1 Å². The number of likely N-dealkylation sites (tertiary alicyclic amines) is 1. The van der Waals surface area contributed by atoms with Crippen molar-refractivity contribution in [1.29, 1.82) is 0 Å². The molecule has 2 N–H and O–H groups in total. The molecule has 34 heavy (non-hydrogen) atoms. The molecule has 5 rings (SSSR count). The van der Waals surface area contributed by atoms with Crippen molar-refractivity contribution in [1.82, 2.24) is 25.4 Å². The number of hydrogen-bond acceptors (Lipinski definition) is 4. The highest BCUT2D eigenvalue weighted by atomic mass is 19.1. The van der Waals surface area contributed by atoms with Crippen LogP contribution in [0.15, 0.2) is 54.9 Å². The van der Waals surface area contributed by atoms with Crippen LogP contribution in [0.25, 0.3) is 22.0 Å². The first-order chi connectivity index (χ1) is 16.5. The van der Waals surface area contributed by atoms with E-state index in [1.165, 1.54) is 31.4 Å². The van der Waals surface area contributed by atoms with Gasteiger partial charge in [0.1, 0.15) is 11.6 Å². The standard InChI is InChI=1S/C26H25F2N5O/c27-21-9-17(10-22(28)12-21)14-30-26(34)25-23-11-19(4-5-24(23)31-32-25)20-8-18(13-29-15-20)16-33-6-2-1-3-7-33/h4-5,8-13,15H,1-3,6-7,14,16H2,(H,30,34)(H,31,32). The number of pyridine rings is 1. The zero-order valence-corrected chi connectivity index (χ0v) is 18.7.